The van der Waals surface area contributed by atoms with Gasteiger partial charge in [0.15, 0.2) is 0 Å². The Hall–Kier alpha value is -1.83. The standard InChI is InChI=1S/C15H20ClN3O4/c1-15(2)9-23-19(13(15)20)8-10-5-6-11(7-12(10)16)17-14(21)18(3)22-4/h5-7H,8-9H2,1-4H3,(H,17,21). The fraction of sp³-hybridized carbons (Fsp3) is 0.467. The van der Waals surface area contributed by atoms with Crippen molar-refractivity contribution in [3.63, 3.8) is 0 Å². The van der Waals surface area contributed by atoms with Crippen molar-refractivity contribution in [3.05, 3.63) is 28.8 Å². The second-order valence-electron chi connectivity index (χ2n) is 5.92. The van der Waals surface area contributed by atoms with E-state index in [2.05, 4.69) is 5.32 Å². The second kappa shape index (κ2) is 6.74. The van der Waals surface area contributed by atoms with Crippen molar-refractivity contribution in [1.82, 2.24) is 10.1 Å². The van der Waals surface area contributed by atoms with E-state index in [0.29, 0.717) is 17.3 Å². The summed E-state index contributed by atoms with van der Waals surface area (Å²) in [5.41, 5.74) is 0.739. The molecule has 1 aliphatic rings. The molecule has 0 radical (unpaired) electrons. The Labute approximate surface area is 140 Å². The zero-order valence-electron chi connectivity index (χ0n) is 13.6. The number of hydroxylamine groups is 4. The van der Waals surface area contributed by atoms with E-state index in [1.165, 1.54) is 19.2 Å². The number of nitrogens with zero attached hydrogens (tertiary/aromatic N) is 2. The van der Waals surface area contributed by atoms with E-state index in [1.807, 2.05) is 13.8 Å². The molecule has 0 unspecified atom stereocenters. The van der Waals surface area contributed by atoms with Crippen molar-refractivity contribution in [1.29, 1.82) is 0 Å². The summed E-state index contributed by atoms with van der Waals surface area (Å²) in [6, 6.07) is 4.64. The molecule has 1 aliphatic heterocycles. The van der Waals surface area contributed by atoms with Crippen LogP contribution >= 0.6 is 11.6 Å². The Balaban J connectivity index is 2.06. The molecule has 1 aromatic rings. The molecule has 0 atom stereocenters. The van der Waals surface area contributed by atoms with Crippen LogP contribution < -0.4 is 5.32 Å². The number of amides is 3. The molecule has 2 rings (SSSR count). The molecule has 1 fully saturated rings. The zero-order valence-corrected chi connectivity index (χ0v) is 14.3. The molecule has 126 valence electrons. The SMILES string of the molecule is CON(C)C(=O)Nc1ccc(CN2OCC(C)(C)C2=O)c(Cl)c1. The van der Waals surface area contributed by atoms with Gasteiger partial charge in [0.25, 0.3) is 5.91 Å². The van der Waals surface area contributed by atoms with Gasteiger partial charge in [-0.1, -0.05) is 17.7 Å². The van der Waals surface area contributed by atoms with E-state index >= 15 is 0 Å². The number of rotatable bonds is 4. The molecule has 1 heterocycles. The lowest BCUT2D eigenvalue weighted by Gasteiger charge is -2.18. The van der Waals surface area contributed by atoms with Gasteiger partial charge in [-0.2, -0.15) is 0 Å². The van der Waals surface area contributed by atoms with Crippen molar-refractivity contribution in [2.75, 3.05) is 26.1 Å². The molecule has 0 aromatic heterocycles. The molecule has 8 heteroatoms. The number of carbonyl (C=O) groups excluding carboxylic acids is 2. The topological polar surface area (TPSA) is 71.1 Å². The molecule has 1 aromatic carbocycles. The summed E-state index contributed by atoms with van der Waals surface area (Å²) >= 11 is 6.23. The van der Waals surface area contributed by atoms with E-state index in [-0.39, 0.29) is 12.5 Å². The van der Waals surface area contributed by atoms with Crippen LogP contribution in [0.3, 0.4) is 0 Å². The summed E-state index contributed by atoms with van der Waals surface area (Å²) in [5, 5.41) is 5.45. The summed E-state index contributed by atoms with van der Waals surface area (Å²) in [6.07, 6.45) is 0. The van der Waals surface area contributed by atoms with Crippen LogP contribution in [0.25, 0.3) is 0 Å². The van der Waals surface area contributed by atoms with Crippen LogP contribution in [0.15, 0.2) is 18.2 Å². The van der Waals surface area contributed by atoms with Crippen LogP contribution in [-0.4, -0.2) is 42.8 Å². The Morgan fingerprint density at radius 1 is 1.52 bits per heavy atom. The van der Waals surface area contributed by atoms with Crippen LogP contribution in [0, 0.1) is 5.41 Å². The molecule has 0 bridgehead atoms. The van der Waals surface area contributed by atoms with Crippen LogP contribution in [0.1, 0.15) is 19.4 Å². The fourth-order valence-electron chi connectivity index (χ4n) is 2.01. The van der Waals surface area contributed by atoms with Crippen LogP contribution in [0.2, 0.25) is 5.02 Å². The predicted molar refractivity (Wildman–Crippen MR) is 85.5 cm³/mol. The Kier molecular flexibility index (Phi) is 5.13. The summed E-state index contributed by atoms with van der Waals surface area (Å²) in [4.78, 5) is 34.0. The maximum atomic E-state index is 12.1. The van der Waals surface area contributed by atoms with Gasteiger partial charge in [0, 0.05) is 17.8 Å². The van der Waals surface area contributed by atoms with Crippen LogP contribution in [0.5, 0.6) is 0 Å². The third-order valence-corrected chi connectivity index (χ3v) is 3.92. The Morgan fingerprint density at radius 3 is 2.74 bits per heavy atom. The average molecular weight is 342 g/mol. The minimum absolute atomic E-state index is 0.0762. The highest BCUT2D eigenvalue weighted by atomic mass is 35.5. The molecule has 1 N–H and O–H groups in total. The molecule has 0 aliphatic carbocycles. The van der Waals surface area contributed by atoms with Gasteiger partial charge >= 0.3 is 6.03 Å². The van der Waals surface area contributed by atoms with Crippen molar-refractivity contribution >= 4 is 29.2 Å². The molecule has 23 heavy (non-hydrogen) atoms. The smallest absolute Gasteiger partial charge is 0.306 e. The van der Waals surface area contributed by atoms with Crippen LogP contribution in [0.4, 0.5) is 10.5 Å². The van der Waals surface area contributed by atoms with Crippen molar-refractivity contribution in [2.45, 2.75) is 20.4 Å². The molecule has 0 saturated carbocycles. The third kappa shape index (κ3) is 3.93. The van der Waals surface area contributed by atoms with Gasteiger partial charge in [-0.3, -0.25) is 14.5 Å². The zero-order chi connectivity index (χ0) is 17.2. The van der Waals surface area contributed by atoms with Crippen LogP contribution in [-0.2, 0) is 21.0 Å². The van der Waals surface area contributed by atoms with Crippen molar-refractivity contribution in [3.8, 4) is 0 Å². The average Bonchev–Trinajstić information content (AvgIpc) is 2.75. The second-order valence-corrected chi connectivity index (χ2v) is 6.32. The Morgan fingerprint density at radius 2 is 2.22 bits per heavy atom. The summed E-state index contributed by atoms with van der Waals surface area (Å²) < 4.78 is 0. The third-order valence-electron chi connectivity index (χ3n) is 3.56. The molecule has 1 saturated heterocycles. The number of hydrogen-bond acceptors (Lipinski definition) is 4. The lowest BCUT2D eigenvalue weighted by molar-refractivity contribution is -0.165. The quantitative estimate of drug-likeness (QED) is 0.855. The van der Waals surface area contributed by atoms with Gasteiger partial charge < -0.3 is 5.32 Å². The summed E-state index contributed by atoms with van der Waals surface area (Å²) in [5.74, 6) is -0.0762. The minimum Gasteiger partial charge on any atom is -0.306 e. The van der Waals surface area contributed by atoms with Crippen molar-refractivity contribution in [2.24, 2.45) is 5.41 Å². The number of nitrogens with one attached hydrogen (secondary N) is 1. The van der Waals surface area contributed by atoms with E-state index < -0.39 is 11.4 Å². The number of urea groups is 1. The highest BCUT2D eigenvalue weighted by Crippen LogP contribution is 2.30. The number of carbonyl (C=O) groups is 2. The van der Waals surface area contributed by atoms with E-state index in [4.69, 9.17) is 21.3 Å². The summed E-state index contributed by atoms with van der Waals surface area (Å²) in [6.45, 7) is 4.28. The molecular weight excluding hydrogens is 322 g/mol. The normalized spacial score (nSPS) is 16.6. The lowest BCUT2D eigenvalue weighted by Crippen LogP contribution is -2.31. The first-order valence-electron chi connectivity index (χ1n) is 7.07. The molecule has 0 spiro atoms. The number of anilines is 1. The van der Waals surface area contributed by atoms with E-state index in [9.17, 15) is 9.59 Å². The lowest BCUT2D eigenvalue weighted by atomic mass is 9.95. The number of halogens is 1. The van der Waals surface area contributed by atoms with Gasteiger partial charge in [0.05, 0.1) is 25.7 Å². The Bertz CT molecular complexity index is 621. The summed E-state index contributed by atoms with van der Waals surface area (Å²) in [7, 11) is 2.88. The number of hydrogen-bond donors (Lipinski definition) is 1. The first kappa shape index (κ1) is 17.5. The monoisotopic (exact) mass is 341 g/mol. The molecule has 3 amide bonds. The maximum absolute atomic E-state index is 12.1. The minimum atomic E-state index is -0.523. The predicted octanol–water partition coefficient (Wildman–Crippen LogP) is 2.67. The molecular formula is C15H20ClN3O4. The van der Waals surface area contributed by atoms with Gasteiger partial charge in [0.2, 0.25) is 0 Å². The first-order valence-corrected chi connectivity index (χ1v) is 7.44. The van der Waals surface area contributed by atoms with Crippen molar-refractivity contribution < 1.29 is 19.3 Å². The highest BCUT2D eigenvalue weighted by Gasteiger charge is 2.40. The highest BCUT2D eigenvalue weighted by molar-refractivity contribution is 6.31. The van der Waals surface area contributed by atoms with Gasteiger partial charge in [-0.15, -0.1) is 0 Å². The first-order chi connectivity index (χ1) is 10.7. The van der Waals surface area contributed by atoms with Gasteiger partial charge in [-0.25, -0.2) is 14.9 Å². The van der Waals surface area contributed by atoms with E-state index in [1.54, 1.807) is 18.2 Å². The van der Waals surface area contributed by atoms with Gasteiger partial charge in [-0.05, 0) is 31.5 Å². The largest absolute Gasteiger partial charge is 0.345 e. The number of benzene rings is 1. The van der Waals surface area contributed by atoms with Gasteiger partial charge in [0.1, 0.15) is 0 Å². The van der Waals surface area contributed by atoms with E-state index in [0.717, 1.165) is 10.6 Å². The fourth-order valence-corrected chi connectivity index (χ4v) is 2.25. The maximum Gasteiger partial charge on any atom is 0.345 e. The molecule has 7 nitrogen and oxygen atoms in total.